The lowest BCUT2D eigenvalue weighted by Gasteiger charge is -2.16. The van der Waals surface area contributed by atoms with E-state index in [1.165, 1.54) is 10.9 Å². The Morgan fingerprint density at radius 2 is 1.89 bits per heavy atom. The van der Waals surface area contributed by atoms with Crippen LogP contribution in [-0.4, -0.2) is 6.61 Å². The normalized spacial score (nSPS) is 10.4. The SMILES string of the molecule is CCOc1cc(CNCc2cccs2)cc(Cl)c1OCc1ccccc1F.Cl. The van der Waals surface area contributed by atoms with Crippen molar-refractivity contribution in [3.05, 3.63) is 80.8 Å². The fraction of sp³-hybridized carbons (Fsp3) is 0.238. The Balaban J connectivity index is 0.00000280. The van der Waals surface area contributed by atoms with Crippen molar-refractivity contribution in [3.8, 4) is 11.5 Å². The number of nitrogens with one attached hydrogen (secondary N) is 1. The first-order chi connectivity index (χ1) is 13.2. The predicted molar refractivity (Wildman–Crippen MR) is 115 cm³/mol. The highest BCUT2D eigenvalue weighted by atomic mass is 35.5. The molecular weight excluding hydrogens is 420 g/mol. The minimum atomic E-state index is -0.305. The van der Waals surface area contributed by atoms with E-state index in [9.17, 15) is 4.39 Å². The van der Waals surface area contributed by atoms with Crippen LogP contribution in [0.3, 0.4) is 0 Å². The third-order valence-electron chi connectivity index (χ3n) is 3.91. The first-order valence-electron chi connectivity index (χ1n) is 8.72. The summed E-state index contributed by atoms with van der Waals surface area (Å²) in [4.78, 5) is 1.27. The molecule has 0 unspecified atom stereocenters. The third-order valence-corrected chi connectivity index (χ3v) is 5.06. The van der Waals surface area contributed by atoms with Crippen molar-refractivity contribution in [2.75, 3.05) is 6.61 Å². The van der Waals surface area contributed by atoms with Crippen LogP contribution < -0.4 is 14.8 Å². The molecule has 1 N–H and O–H groups in total. The molecule has 0 aliphatic carbocycles. The van der Waals surface area contributed by atoms with Crippen LogP contribution in [0.5, 0.6) is 11.5 Å². The van der Waals surface area contributed by atoms with Gasteiger partial charge in [0.2, 0.25) is 0 Å². The first-order valence-corrected chi connectivity index (χ1v) is 9.97. The molecule has 0 radical (unpaired) electrons. The van der Waals surface area contributed by atoms with E-state index in [-0.39, 0.29) is 24.8 Å². The van der Waals surface area contributed by atoms with E-state index in [1.54, 1.807) is 29.5 Å². The maximum atomic E-state index is 13.8. The van der Waals surface area contributed by atoms with Crippen LogP contribution in [0.2, 0.25) is 5.02 Å². The second kappa shape index (κ2) is 11.3. The van der Waals surface area contributed by atoms with E-state index in [2.05, 4.69) is 16.8 Å². The van der Waals surface area contributed by atoms with Crippen LogP contribution in [0.4, 0.5) is 4.39 Å². The number of hydrogen-bond acceptors (Lipinski definition) is 4. The van der Waals surface area contributed by atoms with Gasteiger partial charge in [-0.25, -0.2) is 4.39 Å². The smallest absolute Gasteiger partial charge is 0.180 e. The van der Waals surface area contributed by atoms with Gasteiger partial charge in [0, 0.05) is 23.5 Å². The van der Waals surface area contributed by atoms with Crippen molar-refractivity contribution in [1.29, 1.82) is 0 Å². The van der Waals surface area contributed by atoms with Crippen LogP contribution in [-0.2, 0) is 19.7 Å². The van der Waals surface area contributed by atoms with Gasteiger partial charge in [0.25, 0.3) is 0 Å². The summed E-state index contributed by atoms with van der Waals surface area (Å²) in [6.07, 6.45) is 0. The van der Waals surface area contributed by atoms with Crippen molar-refractivity contribution in [3.63, 3.8) is 0 Å². The van der Waals surface area contributed by atoms with E-state index < -0.39 is 0 Å². The van der Waals surface area contributed by atoms with Crippen LogP contribution >= 0.6 is 35.3 Å². The zero-order valence-corrected chi connectivity index (χ0v) is 17.8. The van der Waals surface area contributed by atoms with Crippen LogP contribution in [0, 0.1) is 5.82 Å². The van der Waals surface area contributed by atoms with Crippen molar-refractivity contribution in [2.45, 2.75) is 26.6 Å². The summed E-state index contributed by atoms with van der Waals surface area (Å²) in [6.45, 7) is 3.92. The minimum Gasteiger partial charge on any atom is -0.490 e. The van der Waals surface area contributed by atoms with Crippen LogP contribution in [0.25, 0.3) is 0 Å². The molecule has 0 amide bonds. The summed E-state index contributed by atoms with van der Waals surface area (Å²) in [5, 5.41) is 5.90. The second-order valence-corrected chi connectivity index (χ2v) is 7.34. The van der Waals surface area contributed by atoms with Gasteiger partial charge in [-0.15, -0.1) is 23.7 Å². The van der Waals surface area contributed by atoms with Crippen molar-refractivity contribution >= 4 is 35.3 Å². The Labute approximate surface area is 179 Å². The van der Waals surface area contributed by atoms with Crippen molar-refractivity contribution < 1.29 is 13.9 Å². The molecule has 28 heavy (non-hydrogen) atoms. The van der Waals surface area contributed by atoms with Gasteiger partial charge < -0.3 is 14.8 Å². The highest BCUT2D eigenvalue weighted by Gasteiger charge is 2.14. The van der Waals surface area contributed by atoms with Gasteiger partial charge >= 0.3 is 0 Å². The van der Waals surface area contributed by atoms with Gasteiger partial charge in [-0.2, -0.15) is 0 Å². The highest BCUT2D eigenvalue weighted by molar-refractivity contribution is 7.09. The fourth-order valence-electron chi connectivity index (χ4n) is 2.64. The highest BCUT2D eigenvalue weighted by Crippen LogP contribution is 2.37. The van der Waals surface area contributed by atoms with Crippen molar-refractivity contribution in [2.24, 2.45) is 0 Å². The van der Waals surface area contributed by atoms with E-state index in [1.807, 2.05) is 25.1 Å². The number of ether oxygens (including phenoxy) is 2. The molecule has 3 aromatic rings. The molecule has 0 fully saturated rings. The molecule has 1 heterocycles. The molecule has 3 rings (SSSR count). The van der Waals surface area contributed by atoms with Crippen molar-refractivity contribution in [1.82, 2.24) is 5.32 Å². The molecule has 150 valence electrons. The maximum absolute atomic E-state index is 13.8. The predicted octanol–water partition coefficient (Wildman–Crippen LogP) is 6.23. The quantitative estimate of drug-likeness (QED) is 0.426. The largest absolute Gasteiger partial charge is 0.490 e. The molecule has 7 heteroatoms. The van der Waals surface area contributed by atoms with Crippen LogP contribution in [0.15, 0.2) is 53.9 Å². The molecule has 3 nitrogen and oxygen atoms in total. The van der Waals surface area contributed by atoms with E-state index >= 15 is 0 Å². The first kappa shape index (κ1) is 22.5. The average molecular weight is 442 g/mol. The summed E-state index contributed by atoms with van der Waals surface area (Å²) in [5.41, 5.74) is 1.47. The molecule has 0 saturated heterocycles. The van der Waals surface area contributed by atoms with E-state index in [0.717, 1.165) is 12.1 Å². The molecule has 0 atom stereocenters. The van der Waals surface area contributed by atoms with Gasteiger partial charge in [-0.05, 0) is 42.1 Å². The number of halogens is 3. The lowest BCUT2D eigenvalue weighted by Crippen LogP contribution is -2.12. The Bertz CT molecular complexity index is 875. The molecular formula is C21H22Cl2FNO2S. The maximum Gasteiger partial charge on any atom is 0.180 e. The monoisotopic (exact) mass is 441 g/mol. The molecule has 0 aliphatic heterocycles. The Kier molecular flexibility index (Phi) is 9.06. The molecule has 0 spiro atoms. The second-order valence-electron chi connectivity index (χ2n) is 5.90. The van der Waals surface area contributed by atoms with E-state index in [0.29, 0.717) is 35.2 Å². The number of benzene rings is 2. The number of thiophene rings is 1. The van der Waals surface area contributed by atoms with Gasteiger partial charge in [-0.1, -0.05) is 35.9 Å². The van der Waals surface area contributed by atoms with Gasteiger partial charge in [0.1, 0.15) is 12.4 Å². The van der Waals surface area contributed by atoms with E-state index in [4.69, 9.17) is 21.1 Å². The zero-order valence-electron chi connectivity index (χ0n) is 15.4. The summed E-state index contributed by atoms with van der Waals surface area (Å²) in [7, 11) is 0. The molecule has 2 aromatic carbocycles. The standard InChI is InChI=1S/C21H21ClFNO2S.ClH/c1-2-25-20-11-15(12-24-13-17-7-5-9-27-17)10-18(22)21(20)26-14-16-6-3-4-8-19(16)23;/h3-11,24H,2,12-14H2,1H3;1H. The van der Waals surface area contributed by atoms with Gasteiger partial charge in [0.05, 0.1) is 11.6 Å². The van der Waals surface area contributed by atoms with Gasteiger partial charge in [0.15, 0.2) is 11.5 Å². The Hall–Kier alpha value is -1.79. The minimum absolute atomic E-state index is 0. The third kappa shape index (κ3) is 6.11. The zero-order chi connectivity index (χ0) is 19.1. The number of rotatable bonds is 9. The molecule has 0 aliphatic rings. The average Bonchev–Trinajstić information content (AvgIpc) is 3.16. The Morgan fingerprint density at radius 3 is 2.61 bits per heavy atom. The number of hydrogen-bond donors (Lipinski definition) is 1. The summed E-state index contributed by atoms with van der Waals surface area (Å²) in [5.74, 6) is 0.694. The topological polar surface area (TPSA) is 30.5 Å². The lowest BCUT2D eigenvalue weighted by molar-refractivity contribution is 0.266. The Morgan fingerprint density at radius 1 is 1.07 bits per heavy atom. The summed E-state index contributed by atoms with van der Waals surface area (Å²) >= 11 is 8.15. The molecule has 1 aromatic heterocycles. The summed E-state index contributed by atoms with van der Waals surface area (Å²) in [6, 6.07) is 14.4. The van der Waals surface area contributed by atoms with Crippen LogP contribution in [0.1, 0.15) is 22.9 Å². The molecule has 0 saturated carbocycles. The lowest BCUT2D eigenvalue weighted by atomic mass is 10.2. The van der Waals surface area contributed by atoms with Gasteiger partial charge in [-0.3, -0.25) is 0 Å². The summed E-state index contributed by atoms with van der Waals surface area (Å²) < 4.78 is 25.3. The fourth-order valence-corrected chi connectivity index (χ4v) is 3.60. The molecule has 0 bridgehead atoms.